The fourth-order valence-electron chi connectivity index (χ4n) is 2.60. The van der Waals surface area contributed by atoms with Gasteiger partial charge in [-0.05, 0) is 36.8 Å². The zero-order valence-electron chi connectivity index (χ0n) is 9.76. The minimum absolute atomic E-state index is 0.194. The summed E-state index contributed by atoms with van der Waals surface area (Å²) in [7, 11) is 0. The van der Waals surface area contributed by atoms with Crippen molar-refractivity contribution in [1.29, 1.82) is 0 Å². The lowest BCUT2D eigenvalue weighted by atomic mass is 9.92. The van der Waals surface area contributed by atoms with Gasteiger partial charge >= 0.3 is 0 Å². The zero-order valence-corrected chi connectivity index (χ0v) is 10.5. The van der Waals surface area contributed by atoms with Gasteiger partial charge in [-0.1, -0.05) is 31.4 Å². The van der Waals surface area contributed by atoms with Gasteiger partial charge in [-0.2, -0.15) is 0 Å². The fourth-order valence-corrected chi connectivity index (χ4v) is 3.01. The van der Waals surface area contributed by atoms with Crippen LogP contribution < -0.4 is 0 Å². The molecule has 94 valence electrons. The monoisotopic (exact) mass is 258 g/mol. The highest BCUT2D eigenvalue weighted by Gasteiger charge is 2.20. The van der Waals surface area contributed by atoms with Gasteiger partial charge in [-0.25, -0.2) is 8.78 Å². The van der Waals surface area contributed by atoms with Gasteiger partial charge in [0.2, 0.25) is 0 Å². The molecule has 0 aliphatic heterocycles. The van der Waals surface area contributed by atoms with E-state index in [0.29, 0.717) is 17.9 Å². The normalized spacial score (nSPS) is 25.6. The highest BCUT2D eigenvalue weighted by molar-refractivity contribution is 6.20. The first-order valence-corrected chi connectivity index (χ1v) is 6.67. The van der Waals surface area contributed by atoms with E-state index >= 15 is 0 Å². The molecule has 0 heterocycles. The Labute approximate surface area is 106 Å². The van der Waals surface area contributed by atoms with E-state index in [1.165, 1.54) is 0 Å². The van der Waals surface area contributed by atoms with Crippen LogP contribution in [0.15, 0.2) is 18.2 Å². The van der Waals surface area contributed by atoms with E-state index in [4.69, 9.17) is 11.6 Å². The maximum Gasteiger partial charge on any atom is 0.162 e. The standard InChI is InChI=1S/C14H17ClF2/c15-12-6-2-1-4-10(9-12)8-11-5-3-7-13(16)14(11)17/h3,5,7,10,12H,1-2,4,6,8-9H2. The summed E-state index contributed by atoms with van der Waals surface area (Å²) < 4.78 is 26.6. The second kappa shape index (κ2) is 5.81. The van der Waals surface area contributed by atoms with E-state index in [0.717, 1.165) is 38.2 Å². The summed E-state index contributed by atoms with van der Waals surface area (Å²) >= 11 is 6.19. The van der Waals surface area contributed by atoms with Crippen molar-refractivity contribution in [3.8, 4) is 0 Å². The van der Waals surface area contributed by atoms with Crippen molar-refractivity contribution in [2.24, 2.45) is 5.92 Å². The van der Waals surface area contributed by atoms with Crippen LogP contribution in [-0.4, -0.2) is 5.38 Å². The summed E-state index contributed by atoms with van der Waals surface area (Å²) in [5.41, 5.74) is 0.487. The summed E-state index contributed by atoms with van der Waals surface area (Å²) in [6.45, 7) is 0. The maximum atomic E-state index is 13.5. The van der Waals surface area contributed by atoms with Gasteiger partial charge in [-0.15, -0.1) is 11.6 Å². The third kappa shape index (κ3) is 3.41. The molecule has 0 bridgehead atoms. The molecule has 17 heavy (non-hydrogen) atoms. The van der Waals surface area contributed by atoms with Gasteiger partial charge in [0.05, 0.1) is 0 Å². The first-order valence-electron chi connectivity index (χ1n) is 6.23. The van der Waals surface area contributed by atoms with Gasteiger partial charge in [-0.3, -0.25) is 0 Å². The smallest absolute Gasteiger partial charge is 0.162 e. The molecule has 1 aromatic carbocycles. The lowest BCUT2D eigenvalue weighted by Gasteiger charge is -2.16. The molecule has 1 aliphatic carbocycles. The van der Waals surface area contributed by atoms with Crippen LogP contribution in [0, 0.1) is 17.6 Å². The Morgan fingerprint density at radius 1 is 1.18 bits per heavy atom. The van der Waals surface area contributed by atoms with Crippen LogP contribution in [0.4, 0.5) is 8.78 Å². The molecule has 1 aliphatic rings. The van der Waals surface area contributed by atoms with Crippen LogP contribution in [0.2, 0.25) is 0 Å². The molecular formula is C14H17ClF2. The van der Waals surface area contributed by atoms with E-state index in [1.807, 2.05) is 0 Å². The second-order valence-electron chi connectivity index (χ2n) is 4.90. The van der Waals surface area contributed by atoms with Gasteiger partial charge in [0, 0.05) is 5.38 Å². The van der Waals surface area contributed by atoms with E-state index in [2.05, 4.69) is 0 Å². The molecule has 0 N–H and O–H groups in total. The lowest BCUT2D eigenvalue weighted by molar-refractivity contribution is 0.438. The minimum Gasteiger partial charge on any atom is -0.204 e. The Hall–Kier alpha value is -0.630. The maximum absolute atomic E-state index is 13.5. The van der Waals surface area contributed by atoms with Gasteiger partial charge in [0.25, 0.3) is 0 Å². The summed E-state index contributed by atoms with van der Waals surface area (Å²) in [5, 5.41) is 0.194. The van der Waals surface area contributed by atoms with Crippen molar-refractivity contribution >= 4 is 11.6 Å². The predicted octanol–water partition coefficient (Wildman–Crippen LogP) is 4.70. The molecule has 3 heteroatoms. The average Bonchev–Trinajstić information content (AvgIpc) is 2.49. The molecule has 1 fully saturated rings. The Morgan fingerprint density at radius 3 is 2.76 bits per heavy atom. The summed E-state index contributed by atoms with van der Waals surface area (Å²) in [4.78, 5) is 0. The molecule has 2 rings (SSSR count). The average molecular weight is 259 g/mol. The number of alkyl halides is 1. The summed E-state index contributed by atoms with van der Waals surface area (Å²) in [6.07, 6.45) is 5.92. The Morgan fingerprint density at radius 2 is 1.94 bits per heavy atom. The molecule has 0 amide bonds. The quantitative estimate of drug-likeness (QED) is 0.533. The number of hydrogen-bond donors (Lipinski definition) is 0. The summed E-state index contributed by atoms with van der Waals surface area (Å²) in [5.74, 6) is -1.06. The number of benzene rings is 1. The first kappa shape index (κ1) is 12.8. The molecule has 0 nitrogen and oxygen atoms in total. The largest absolute Gasteiger partial charge is 0.204 e. The molecule has 2 atom stereocenters. The highest BCUT2D eigenvalue weighted by atomic mass is 35.5. The third-order valence-corrected chi connectivity index (χ3v) is 3.91. The van der Waals surface area contributed by atoms with Crippen LogP contribution in [0.3, 0.4) is 0 Å². The Kier molecular flexibility index (Phi) is 4.38. The number of rotatable bonds is 2. The molecule has 0 aromatic heterocycles. The van der Waals surface area contributed by atoms with Crippen molar-refractivity contribution in [3.05, 3.63) is 35.4 Å². The van der Waals surface area contributed by atoms with Crippen molar-refractivity contribution in [2.45, 2.75) is 43.9 Å². The fraction of sp³-hybridized carbons (Fsp3) is 0.571. The van der Waals surface area contributed by atoms with Crippen LogP contribution in [0.25, 0.3) is 0 Å². The predicted molar refractivity (Wildman–Crippen MR) is 66.3 cm³/mol. The van der Waals surface area contributed by atoms with Crippen LogP contribution in [-0.2, 0) is 6.42 Å². The molecule has 0 spiro atoms. The van der Waals surface area contributed by atoms with Gasteiger partial charge < -0.3 is 0 Å². The zero-order chi connectivity index (χ0) is 12.3. The van der Waals surface area contributed by atoms with E-state index in [1.54, 1.807) is 12.1 Å². The minimum atomic E-state index is -0.751. The van der Waals surface area contributed by atoms with Crippen molar-refractivity contribution in [2.75, 3.05) is 0 Å². The molecule has 0 radical (unpaired) electrons. The molecule has 0 saturated heterocycles. The van der Waals surface area contributed by atoms with Crippen molar-refractivity contribution in [3.63, 3.8) is 0 Å². The van der Waals surface area contributed by atoms with Crippen molar-refractivity contribution < 1.29 is 8.78 Å². The van der Waals surface area contributed by atoms with Crippen LogP contribution >= 0.6 is 11.6 Å². The third-order valence-electron chi connectivity index (χ3n) is 3.51. The van der Waals surface area contributed by atoms with E-state index < -0.39 is 11.6 Å². The molecular weight excluding hydrogens is 242 g/mol. The molecule has 2 unspecified atom stereocenters. The Balaban J connectivity index is 2.06. The van der Waals surface area contributed by atoms with E-state index in [-0.39, 0.29) is 5.38 Å². The van der Waals surface area contributed by atoms with E-state index in [9.17, 15) is 8.78 Å². The highest BCUT2D eigenvalue weighted by Crippen LogP contribution is 2.29. The topological polar surface area (TPSA) is 0 Å². The number of halogens is 3. The summed E-state index contributed by atoms with van der Waals surface area (Å²) in [6, 6.07) is 4.41. The SMILES string of the molecule is Fc1cccc(CC2CCCCC(Cl)C2)c1F. The van der Waals surface area contributed by atoms with Crippen LogP contribution in [0.5, 0.6) is 0 Å². The van der Waals surface area contributed by atoms with Gasteiger partial charge in [0.15, 0.2) is 11.6 Å². The van der Waals surface area contributed by atoms with Gasteiger partial charge in [0.1, 0.15) is 0 Å². The Bertz CT molecular complexity index is 378. The lowest BCUT2D eigenvalue weighted by Crippen LogP contribution is -2.10. The second-order valence-corrected chi connectivity index (χ2v) is 5.52. The number of hydrogen-bond acceptors (Lipinski definition) is 0. The van der Waals surface area contributed by atoms with Crippen LogP contribution in [0.1, 0.15) is 37.7 Å². The molecule has 1 saturated carbocycles. The first-order chi connectivity index (χ1) is 8.16. The molecule has 1 aromatic rings. The van der Waals surface area contributed by atoms with Crippen molar-refractivity contribution in [1.82, 2.24) is 0 Å².